The number of hydrogen-bond donors (Lipinski definition) is 0. The fourth-order valence-corrected chi connectivity index (χ4v) is 8.33. The largest absolute Gasteiger partial charge is 0.0808 e. The second-order valence-corrected chi connectivity index (χ2v) is 10.6. The minimum Gasteiger partial charge on any atom is -0.0808 e. The molecule has 0 bridgehead atoms. The topological polar surface area (TPSA) is 0 Å². The molecule has 0 N–H and O–H groups in total. The van der Waals surface area contributed by atoms with Gasteiger partial charge >= 0.3 is 0 Å². The summed E-state index contributed by atoms with van der Waals surface area (Å²) in [5.74, 6) is 8.62. The highest BCUT2D eigenvalue weighted by Gasteiger charge is 2.44. The summed E-state index contributed by atoms with van der Waals surface area (Å²) in [4.78, 5) is 0. The first kappa shape index (κ1) is 17.6. The average Bonchev–Trinajstić information content (AvgIpc) is 3.27. The number of rotatable bonds is 0. The maximum Gasteiger partial charge on any atom is -0.0136 e. The van der Waals surface area contributed by atoms with Crippen LogP contribution < -0.4 is 0 Å². The van der Waals surface area contributed by atoms with Gasteiger partial charge in [-0.25, -0.2) is 0 Å². The molecule has 0 radical (unpaired) electrons. The first-order valence-electron chi connectivity index (χ1n) is 12.2. The molecule has 144 valence electrons. The lowest BCUT2D eigenvalue weighted by atomic mass is 9.73. The maximum absolute atomic E-state index is 2.47. The average molecular weight is 353 g/mol. The van der Waals surface area contributed by atoms with Gasteiger partial charge in [0.15, 0.2) is 0 Å². The number of fused-ring (bicyclic) bond motifs is 6. The van der Waals surface area contributed by atoms with E-state index in [1.54, 1.807) is 57.8 Å². The second-order valence-electron chi connectivity index (χ2n) is 10.6. The third-order valence-corrected chi connectivity index (χ3v) is 9.43. The smallest absolute Gasteiger partial charge is 0.0136 e. The summed E-state index contributed by atoms with van der Waals surface area (Å²) in [5, 5.41) is 0. The molecule has 5 saturated carbocycles. The van der Waals surface area contributed by atoms with E-state index in [-0.39, 0.29) is 0 Å². The highest BCUT2D eigenvalue weighted by molar-refractivity contribution is 5.18. The molecule has 8 atom stereocenters. The van der Waals surface area contributed by atoms with Crippen LogP contribution in [0.2, 0.25) is 0 Å². The third kappa shape index (κ3) is 3.35. The molecule has 0 spiro atoms. The molecule has 8 unspecified atom stereocenters. The Morgan fingerprint density at radius 1 is 0.462 bits per heavy atom. The summed E-state index contributed by atoms with van der Waals surface area (Å²) in [6, 6.07) is 0. The van der Waals surface area contributed by atoms with Gasteiger partial charge in [-0.3, -0.25) is 0 Å². The molecule has 6 aliphatic carbocycles. The number of hydrogen-bond acceptors (Lipinski definition) is 0. The van der Waals surface area contributed by atoms with Crippen LogP contribution in [0.3, 0.4) is 0 Å². The minimum absolute atomic E-state index is 0.901. The fourth-order valence-electron chi connectivity index (χ4n) is 8.33. The molecular weight excluding hydrogens is 312 g/mol. The molecule has 26 heavy (non-hydrogen) atoms. The summed E-state index contributed by atoms with van der Waals surface area (Å²) in [6.45, 7) is 0. The van der Waals surface area contributed by atoms with Crippen LogP contribution in [0.5, 0.6) is 0 Å². The molecule has 0 saturated heterocycles. The Hall–Kier alpha value is -0.520. The van der Waals surface area contributed by atoms with Crippen molar-refractivity contribution in [3.8, 4) is 0 Å². The first-order valence-corrected chi connectivity index (χ1v) is 12.2. The highest BCUT2D eigenvalue weighted by atomic mass is 14.5. The van der Waals surface area contributed by atoms with E-state index in [2.05, 4.69) is 24.3 Å². The Bertz CT molecular complexity index is 508. The summed E-state index contributed by atoms with van der Waals surface area (Å²) < 4.78 is 0. The quantitative estimate of drug-likeness (QED) is 0.422. The monoisotopic (exact) mass is 352 g/mol. The van der Waals surface area contributed by atoms with E-state index in [0.717, 1.165) is 23.7 Å². The van der Waals surface area contributed by atoms with E-state index < -0.39 is 0 Å². The van der Waals surface area contributed by atoms with Gasteiger partial charge in [0.1, 0.15) is 0 Å². The van der Waals surface area contributed by atoms with Crippen molar-refractivity contribution >= 4 is 0 Å². The van der Waals surface area contributed by atoms with Crippen molar-refractivity contribution in [1.29, 1.82) is 0 Å². The van der Waals surface area contributed by atoms with Gasteiger partial charge in [-0.15, -0.1) is 0 Å². The van der Waals surface area contributed by atoms with Crippen LogP contribution in [0.4, 0.5) is 0 Å². The van der Waals surface area contributed by atoms with Crippen molar-refractivity contribution < 1.29 is 0 Å². The number of allylic oxidation sites excluding steroid dienone is 4. The Morgan fingerprint density at radius 2 is 0.962 bits per heavy atom. The van der Waals surface area contributed by atoms with Crippen LogP contribution in [0, 0.1) is 47.3 Å². The van der Waals surface area contributed by atoms with Gasteiger partial charge in [0.25, 0.3) is 0 Å². The fraction of sp³-hybridized carbons (Fsp3) is 0.846. The highest BCUT2D eigenvalue weighted by Crippen LogP contribution is 2.54. The maximum atomic E-state index is 2.47. The van der Waals surface area contributed by atoms with Crippen LogP contribution in [0.15, 0.2) is 24.3 Å². The molecule has 0 aliphatic heterocycles. The third-order valence-electron chi connectivity index (χ3n) is 9.43. The lowest BCUT2D eigenvalue weighted by molar-refractivity contribution is 0.184. The predicted molar refractivity (Wildman–Crippen MR) is 111 cm³/mol. The van der Waals surface area contributed by atoms with Crippen molar-refractivity contribution in [2.75, 3.05) is 0 Å². The van der Waals surface area contributed by atoms with E-state index in [9.17, 15) is 0 Å². The van der Waals surface area contributed by atoms with E-state index in [4.69, 9.17) is 0 Å². The van der Waals surface area contributed by atoms with Crippen LogP contribution in [0.1, 0.15) is 89.9 Å². The van der Waals surface area contributed by atoms with Gasteiger partial charge < -0.3 is 0 Å². The molecule has 5 fully saturated rings. The normalized spacial score (nSPS) is 48.6. The van der Waals surface area contributed by atoms with E-state index in [1.807, 2.05) is 0 Å². The van der Waals surface area contributed by atoms with Crippen molar-refractivity contribution in [1.82, 2.24) is 0 Å². The Kier molecular flexibility index (Phi) is 5.30. The molecule has 0 aromatic carbocycles. The van der Waals surface area contributed by atoms with E-state index in [1.165, 1.54) is 55.8 Å². The zero-order valence-corrected chi connectivity index (χ0v) is 16.8. The molecule has 0 aromatic heterocycles. The molecule has 0 aromatic rings. The SMILES string of the molecule is C1=CC2CC3CCCCC3C2C=C1.C1CCC2C(C1)CC1CCCCC12. The van der Waals surface area contributed by atoms with Gasteiger partial charge in [0, 0.05) is 0 Å². The van der Waals surface area contributed by atoms with E-state index in [0.29, 0.717) is 0 Å². The lowest BCUT2D eigenvalue weighted by Crippen LogP contribution is -2.22. The van der Waals surface area contributed by atoms with Gasteiger partial charge in [-0.05, 0) is 79.4 Å². The van der Waals surface area contributed by atoms with Crippen LogP contribution in [-0.2, 0) is 0 Å². The summed E-state index contributed by atoms with van der Waals surface area (Å²) >= 11 is 0. The predicted octanol–water partition coefficient (Wildman–Crippen LogP) is 7.56. The van der Waals surface area contributed by atoms with Gasteiger partial charge in [-0.2, -0.15) is 0 Å². The minimum atomic E-state index is 0.901. The Morgan fingerprint density at radius 3 is 1.62 bits per heavy atom. The van der Waals surface area contributed by atoms with Crippen LogP contribution >= 0.6 is 0 Å². The zero-order valence-electron chi connectivity index (χ0n) is 16.8. The molecule has 0 heterocycles. The van der Waals surface area contributed by atoms with Crippen molar-refractivity contribution in [2.45, 2.75) is 89.9 Å². The Balaban J connectivity index is 0.000000115. The van der Waals surface area contributed by atoms with Crippen LogP contribution in [-0.4, -0.2) is 0 Å². The molecule has 6 rings (SSSR count). The molecule has 0 nitrogen and oxygen atoms in total. The molecular formula is C26H40. The molecule has 0 heteroatoms. The standard InChI is InChI=1S/C13H22.C13H18/c2*1-3-7-12-10(5-1)9-11-6-2-4-8-13(11)12/h10-13H,1-9H2;1,3,5,7,10-13H,2,4,6,8-9H2. The van der Waals surface area contributed by atoms with Crippen molar-refractivity contribution in [2.24, 2.45) is 47.3 Å². The lowest BCUT2D eigenvalue weighted by Gasteiger charge is -2.32. The van der Waals surface area contributed by atoms with Crippen molar-refractivity contribution in [3.05, 3.63) is 24.3 Å². The summed E-state index contributed by atoms with van der Waals surface area (Å²) in [5.41, 5.74) is 0. The van der Waals surface area contributed by atoms with Gasteiger partial charge in [0.05, 0.1) is 0 Å². The molecule has 0 amide bonds. The first-order chi connectivity index (χ1) is 12.9. The van der Waals surface area contributed by atoms with Gasteiger partial charge in [0.2, 0.25) is 0 Å². The van der Waals surface area contributed by atoms with E-state index >= 15 is 0 Å². The Labute approximate surface area is 161 Å². The second kappa shape index (κ2) is 7.84. The van der Waals surface area contributed by atoms with Gasteiger partial charge in [-0.1, -0.05) is 82.1 Å². The zero-order chi connectivity index (χ0) is 17.3. The van der Waals surface area contributed by atoms with Crippen molar-refractivity contribution in [3.63, 3.8) is 0 Å². The summed E-state index contributed by atoms with van der Waals surface area (Å²) in [6.07, 6.45) is 31.0. The summed E-state index contributed by atoms with van der Waals surface area (Å²) in [7, 11) is 0. The van der Waals surface area contributed by atoms with Crippen LogP contribution in [0.25, 0.3) is 0 Å². The molecule has 6 aliphatic rings.